The molecule has 0 aromatic rings. The summed E-state index contributed by atoms with van der Waals surface area (Å²) < 4.78 is 4.74. The quantitative estimate of drug-likeness (QED) is 0.657. The number of primary amides is 1. The molecule has 0 bridgehead atoms. The summed E-state index contributed by atoms with van der Waals surface area (Å²) in [6.45, 7) is 2.67. The standard InChI is InChI=1S/C8H16N2O2/c1-10-4-2-7(3-5-10)6-12-8(9)11/h7H,2-6H2,1H3,(H2,9,11). The number of nitrogens with zero attached hydrogens (tertiary/aromatic N) is 1. The number of carbonyl (C=O) groups is 1. The highest BCUT2D eigenvalue weighted by atomic mass is 16.5. The number of amides is 1. The van der Waals surface area contributed by atoms with Gasteiger partial charge in [-0.25, -0.2) is 4.79 Å². The molecule has 1 amide bonds. The first-order valence-corrected chi connectivity index (χ1v) is 4.29. The highest BCUT2D eigenvalue weighted by Crippen LogP contribution is 2.15. The van der Waals surface area contributed by atoms with Crippen LogP contribution in [-0.2, 0) is 4.74 Å². The van der Waals surface area contributed by atoms with Gasteiger partial charge in [0.25, 0.3) is 0 Å². The van der Waals surface area contributed by atoms with Gasteiger partial charge in [-0.1, -0.05) is 0 Å². The van der Waals surface area contributed by atoms with Crippen molar-refractivity contribution < 1.29 is 9.53 Å². The summed E-state index contributed by atoms with van der Waals surface area (Å²) in [7, 11) is 2.10. The van der Waals surface area contributed by atoms with Crippen LogP contribution in [0.3, 0.4) is 0 Å². The predicted molar refractivity (Wildman–Crippen MR) is 45.8 cm³/mol. The molecule has 12 heavy (non-hydrogen) atoms. The molecule has 1 aliphatic rings. The van der Waals surface area contributed by atoms with E-state index in [1.54, 1.807) is 0 Å². The van der Waals surface area contributed by atoms with Crippen LogP contribution in [0.2, 0.25) is 0 Å². The lowest BCUT2D eigenvalue weighted by Gasteiger charge is -2.28. The third kappa shape index (κ3) is 3.09. The van der Waals surface area contributed by atoms with Crippen molar-refractivity contribution in [3.63, 3.8) is 0 Å². The third-order valence-electron chi connectivity index (χ3n) is 2.30. The lowest BCUT2D eigenvalue weighted by Crippen LogP contribution is -2.32. The number of hydrogen-bond donors (Lipinski definition) is 1. The first-order chi connectivity index (χ1) is 5.68. The molecule has 1 fully saturated rings. The highest BCUT2D eigenvalue weighted by Gasteiger charge is 2.17. The Morgan fingerprint density at radius 3 is 2.67 bits per heavy atom. The van der Waals surface area contributed by atoms with Crippen LogP contribution < -0.4 is 5.73 Å². The zero-order valence-corrected chi connectivity index (χ0v) is 7.45. The highest BCUT2D eigenvalue weighted by molar-refractivity contribution is 5.64. The summed E-state index contributed by atoms with van der Waals surface area (Å²) in [6.07, 6.45) is 1.54. The van der Waals surface area contributed by atoms with Crippen molar-refractivity contribution in [3.8, 4) is 0 Å². The van der Waals surface area contributed by atoms with E-state index in [0.717, 1.165) is 25.9 Å². The summed E-state index contributed by atoms with van der Waals surface area (Å²) >= 11 is 0. The molecule has 2 N–H and O–H groups in total. The van der Waals surface area contributed by atoms with E-state index in [2.05, 4.69) is 11.9 Å². The fraction of sp³-hybridized carbons (Fsp3) is 0.875. The fourth-order valence-corrected chi connectivity index (χ4v) is 1.43. The molecule has 70 valence electrons. The Morgan fingerprint density at radius 1 is 1.58 bits per heavy atom. The molecule has 4 heteroatoms. The van der Waals surface area contributed by atoms with Crippen molar-refractivity contribution in [1.29, 1.82) is 0 Å². The summed E-state index contributed by atoms with van der Waals surface area (Å²) in [5, 5.41) is 0. The van der Waals surface area contributed by atoms with E-state index >= 15 is 0 Å². The van der Waals surface area contributed by atoms with Crippen molar-refractivity contribution in [3.05, 3.63) is 0 Å². The van der Waals surface area contributed by atoms with Crippen LogP contribution in [0, 0.1) is 5.92 Å². The van der Waals surface area contributed by atoms with E-state index in [1.807, 2.05) is 0 Å². The normalized spacial score (nSPS) is 20.8. The lowest BCUT2D eigenvalue weighted by molar-refractivity contribution is 0.109. The molecule has 1 aliphatic heterocycles. The maximum Gasteiger partial charge on any atom is 0.404 e. The smallest absolute Gasteiger partial charge is 0.404 e. The average molecular weight is 172 g/mol. The van der Waals surface area contributed by atoms with Crippen molar-refractivity contribution >= 4 is 6.09 Å². The Labute approximate surface area is 72.7 Å². The van der Waals surface area contributed by atoms with Gasteiger partial charge >= 0.3 is 6.09 Å². The van der Waals surface area contributed by atoms with Gasteiger partial charge in [0.1, 0.15) is 0 Å². The Balaban J connectivity index is 2.13. The molecule has 0 radical (unpaired) electrons. The van der Waals surface area contributed by atoms with Crippen molar-refractivity contribution in [2.75, 3.05) is 26.7 Å². The molecule has 0 spiro atoms. The first-order valence-electron chi connectivity index (χ1n) is 4.29. The van der Waals surface area contributed by atoms with Crippen molar-refractivity contribution in [1.82, 2.24) is 4.90 Å². The van der Waals surface area contributed by atoms with Gasteiger partial charge in [-0.2, -0.15) is 0 Å². The lowest BCUT2D eigenvalue weighted by atomic mass is 9.98. The van der Waals surface area contributed by atoms with Crippen LogP contribution >= 0.6 is 0 Å². The molecule has 1 saturated heterocycles. The van der Waals surface area contributed by atoms with E-state index in [0.29, 0.717) is 12.5 Å². The Morgan fingerprint density at radius 2 is 2.17 bits per heavy atom. The molecular formula is C8H16N2O2. The van der Waals surface area contributed by atoms with Crippen LogP contribution in [0.25, 0.3) is 0 Å². The summed E-state index contributed by atoms with van der Waals surface area (Å²) in [5.74, 6) is 0.508. The van der Waals surface area contributed by atoms with Crippen LogP contribution in [0.15, 0.2) is 0 Å². The first kappa shape index (κ1) is 9.32. The van der Waals surface area contributed by atoms with E-state index in [9.17, 15) is 4.79 Å². The molecule has 1 rings (SSSR count). The van der Waals surface area contributed by atoms with Crippen molar-refractivity contribution in [2.24, 2.45) is 11.7 Å². The number of ether oxygens (including phenoxy) is 1. The zero-order chi connectivity index (χ0) is 8.97. The van der Waals surface area contributed by atoms with Crippen LogP contribution in [0.4, 0.5) is 4.79 Å². The van der Waals surface area contributed by atoms with Crippen molar-refractivity contribution in [2.45, 2.75) is 12.8 Å². The fourth-order valence-electron chi connectivity index (χ4n) is 1.43. The average Bonchev–Trinajstić information content (AvgIpc) is 2.03. The molecule has 0 unspecified atom stereocenters. The number of hydrogen-bond acceptors (Lipinski definition) is 3. The van der Waals surface area contributed by atoms with Crippen LogP contribution in [0.5, 0.6) is 0 Å². The van der Waals surface area contributed by atoms with Gasteiger partial charge in [0, 0.05) is 0 Å². The van der Waals surface area contributed by atoms with Gasteiger partial charge in [-0.3, -0.25) is 0 Å². The number of nitrogens with two attached hydrogens (primary N) is 1. The topological polar surface area (TPSA) is 55.6 Å². The minimum Gasteiger partial charge on any atom is -0.449 e. The number of carbonyl (C=O) groups excluding carboxylic acids is 1. The largest absolute Gasteiger partial charge is 0.449 e. The molecule has 0 atom stereocenters. The van der Waals surface area contributed by atoms with Gasteiger partial charge in [0.05, 0.1) is 6.61 Å². The number of rotatable bonds is 2. The van der Waals surface area contributed by atoms with Crippen LogP contribution in [-0.4, -0.2) is 37.7 Å². The van der Waals surface area contributed by atoms with Gasteiger partial charge in [0.15, 0.2) is 0 Å². The molecule has 0 aromatic carbocycles. The molecule has 1 heterocycles. The summed E-state index contributed by atoms with van der Waals surface area (Å²) in [6, 6.07) is 0. The second kappa shape index (κ2) is 4.30. The molecule has 0 saturated carbocycles. The van der Waals surface area contributed by atoms with Crippen LogP contribution in [0.1, 0.15) is 12.8 Å². The summed E-state index contributed by atoms with van der Waals surface area (Å²) in [4.78, 5) is 12.6. The van der Waals surface area contributed by atoms with E-state index in [1.165, 1.54) is 0 Å². The van der Waals surface area contributed by atoms with Gasteiger partial charge < -0.3 is 15.4 Å². The minimum absolute atomic E-state index is 0.489. The maximum atomic E-state index is 10.3. The predicted octanol–water partition coefficient (Wildman–Crippen LogP) is 0.423. The maximum absolute atomic E-state index is 10.3. The molecule has 0 aliphatic carbocycles. The Hall–Kier alpha value is -0.770. The summed E-state index contributed by atoms with van der Waals surface area (Å²) in [5.41, 5.74) is 4.87. The van der Waals surface area contributed by atoms with Gasteiger partial charge in [-0.15, -0.1) is 0 Å². The second-order valence-corrected chi connectivity index (χ2v) is 3.38. The van der Waals surface area contributed by atoms with E-state index in [4.69, 9.17) is 10.5 Å². The zero-order valence-electron chi connectivity index (χ0n) is 7.45. The molecule has 0 aromatic heterocycles. The monoisotopic (exact) mass is 172 g/mol. The number of piperidine rings is 1. The van der Waals surface area contributed by atoms with Gasteiger partial charge in [0.2, 0.25) is 0 Å². The minimum atomic E-state index is -0.658. The molecule has 4 nitrogen and oxygen atoms in total. The second-order valence-electron chi connectivity index (χ2n) is 3.38. The Bertz CT molecular complexity index is 153. The number of likely N-dealkylation sites (tertiary alicyclic amines) is 1. The molecular weight excluding hydrogens is 156 g/mol. The SMILES string of the molecule is CN1CCC(COC(N)=O)CC1. The van der Waals surface area contributed by atoms with E-state index < -0.39 is 6.09 Å². The third-order valence-corrected chi connectivity index (χ3v) is 2.30. The Kier molecular flexibility index (Phi) is 3.34. The van der Waals surface area contributed by atoms with Gasteiger partial charge in [-0.05, 0) is 38.9 Å². The van der Waals surface area contributed by atoms with E-state index in [-0.39, 0.29) is 0 Å².